The molecule has 0 saturated heterocycles. The van der Waals surface area contributed by atoms with Crippen molar-refractivity contribution in [2.45, 2.75) is 85.5 Å². The summed E-state index contributed by atoms with van der Waals surface area (Å²) in [6, 6.07) is -2.08. The third-order valence-electron chi connectivity index (χ3n) is 5.05. The van der Waals surface area contributed by atoms with E-state index in [4.69, 9.17) is 9.47 Å². The van der Waals surface area contributed by atoms with E-state index < -0.39 is 47.6 Å². The summed E-state index contributed by atoms with van der Waals surface area (Å²) in [5.74, 6) is -1.67. The molecule has 0 bridgehead atoms. The van der Waals surface area contributed by atoms with Gasteiger partial charge in [-0.3, -0.25) is 9.59 Å². The molecule has 0 aliphatic heterocycles. The molecule has 0 fully saturated rings. The standard InChI is InChI=1S/C26H43N3O6/c1-14(2)13-20(17(6)24(32)34-12)28-22(30)16(5)19(8)27-23(31)18(7)21(15(3)4)29-25(33)35-26(9,10)11/h14-15,19-21H,5-7,13H2,1-4,8-12H3,(H,27,31)(H,28,30)(H,29,33)/t19-,20-,21-/m0/s1. The molecular weight excluding hydrogens is 450 g/mol. The molecule has 9 nitrogen and oxygen atoms in total. The van der Waals surface area contributed by atoms with Gasteiger partial charge in [-0.05, 0) is 46.0 Å². The van der Waals surface area contributed by atoms with Gasteiger partial charge in [0.25, 0.3) is 0 Å². The van der Waals surface area contributed by atoms with E-state index in [1.807, 2.05) is 27.7 Å². The number of methoxy groups -OCH3 is 1. The van der Waals surface area contributed by atoms with E-state index >= 15 is 0 Å². The number of esters is 1. The maximum absolute atomic E-state index is 12.8. The maximum Gasteiger partial charge on any atom is 0.408 e. The van der Waals surface area contributed by atoms with Gasteiger partial charge in [0, 0.05) is 11.1 Å². The van der Waals surface area contributed by atoms with Gasteiger partial charge in [0.2, 0.25) is 11.8 Å². The second-order valence-corrected chi connectivity index (χ2v) is 10.3. The van der Waals surface area contributed by atoms with Crippen molar-refractivity contribution in [2.75, 3.05) is 7.11 Å². The lowest BCUT2D eigenvalue weighted by Gasteiger charge is -2.28. The second kappa shape index (κ2) is 13.7. The molecule has 0 aliphatic rings. The van der Waals surface area contributed by atoms with Gasteiger partial charge in [0.15, 0.2) is 0 Å². The fourth-order valence-corrected chi connectivity index (χ4v) is 3.09. The maximum atomic E-state index is 12.8. The van der Waals surface area contributed by atoms with Gasteiger partial charge in [-0.2, -0.15) is 0 Å². The fourth-order valence-electron chi connectivity index (χ4n) is 3.09. The molecule has 9 heteroatoms. The lowest BCUT2D eigenvalue weighted by molar-refractivity contribution is -0.136. The molecule has 3 amide bonds. The quantitative estimate of drug-likeness (QED) is 0.283. The van der Waals surface area contributed by atoms with Crippen LogP contribution in [0.5, 0.6) is 0 Å². The van der Waals surface area contributed by atoms with E-state index in [0.29, 0.717) is 6.42 Å². The van der Waals surface area contributed by atoms with Gasteiger partial charge >= 0.3 is 12.1 Å². The molecule has 0 saturated carbocycles. The van der Waals surface area contributed by atoms with Crippen LogP contribution in [0.2, 0.25) is 0 Å². The molecule has 0 aromatic rings. The predicted octanol–water partition coefficient (Wildman–Crippen LogP) is 3.41. The Bertz CT molecular complexity index is 839. The number of alkyl carbamates (subject to hydrolysis) is 1. The monoisotopic (exact) mass is 493 g/mol. The van der Waals surface area contributed by atoms with Crippen molar-refractivity contribution in [1.82, 2.24) is 16.0 Å². The Morgan fingerprint density at radius 1 is 0.800 bits per heavy atom. The lowest BCUT2D eigenvalue weighted by atomic mass is 9.95. The average Bonchev–Trinajstić information content (AvgIpc) is 2.72. The Labute approximate surface area is 209 Å². The Kier molecular flexibility index (Phi) is 12.5. The summed E-state index contributed by atoms with van der Waals surface area (Å²) in [4.78, 5) is 49.8. The summed E-state index contributed by atoms with van der Waals surface area (Å²) >= 11 is 0. The highest BCUT2D eigenvalue weighted by Gasteiger charge is 2.29. The fraction of sp³-hybridized carbons (Fsp3) is 0.615. The van der Waals surface area contributed by atoms with Crippen LogP contribution >= 0.6 is 0 Å². The van der Waals surface area contributed by atoms with E-state index in [1.54, 1.807) is 27.7 Å². The molecule has 0 aliphatic carbocycles. The molecule has 0 aromatic heterocycles. The first kappa shape index (κ1) is 31.9. The van der Waals surface area contributed by atoms with E-state index in [0.717, 1.165) is 0 Å². The number of rotatable bonds is 12. The lowest BCUT2D eigenvalue weighted by Crippen LogP contribution is -2.48. The number of carbonyl (C=O) groups excluding carboxylic acids is 4. The first-order valence-electron chi connectivity index (χ1n) is 11.7. The summed E-state index contributed by atoms with van der Waals surface area (Å²) in [6.07, 6.45) is -0.194. The molecule has 3 atom stereocenters. The minimum absolute atomic E-state index is 0.0822. The largest absolute Gasteiger partial charge is 0.466 e. The summed E-state index contributed by atoms with van der Waals surface area (Å²) in [7, 11) is 1.24. The minimum Gasteiger partial charge on any atom is -0.466 e. The first-order chi connectivity index (χ1) is 15.9. The zero-order valence-electron chi connectivity index (χ0n) is 22.7. The predicted molar refractivity (Wildman–Crippen MR) is 136 cm³/mol. The number of hydrogen-bond donors (Lipinski definition) is 3. The topological polar surface area (TPSA) is 123 Å². The highest BCUT2D eigenvalue weighted by atomic mass is 16.6. The summed E-state index contributed by atoms with van der Waals surface area (Å²) in [5.41, 5.74) is -0.372. The molecule has 198 valence electrons. The normalized spacial score (nSPS) is 13.8. The van der Waals surface area contributed by atoms with Crippen molar-refractivity contribution < 1.29 is 28.7 Å². The molecule has 0 heterocycles. The highest BCUT2D eigenvalue weighted by molar-refractivity contribution is 5.99. The van der Waals surface area contributed by atoms with Crippen LogP contribution in [0.4, 0.5) is 4.79 Å². The minimum atomic E-state index is -0.750. The van der Waals surface area contributed by atoms with Gasteiger partial charge in [0.05, 0.1) is 30.8 Å². The van der Waals surface area contributed by atoms with Gasteiger partial charge in [-0.15, -0.1) is 0 Å². The van der Waals surface area contributed by atoms with Crippen LogP contribution in [0.1, 0.15) is 61.8 Å². The van der Waals surface area contributed by atoms with Crippen molar-refractivity contribution in [2.24, 2.45) is 11.8 Å². The van der Waals surface area contributed by atoms with Crippen molar-refractivity contribution in [3.63, 3.8) is 0 Å². The third kappa shape index (κ3) is 11.2. The van der Waals surface area contributed by atoms with Crippen molar-refractivity contribution >= 4 is 23.9 Å². The average molecular weight is 494 g/mol. The molecular formula is C26H43N3O6. The van der Waals surface area contributed by atoms with Gasteiger partial charge in [0.1, 0.15) is 5.60 Å². The van der Waals surface area contributed by atoms with Gasteiger partial charge in [-0.25, -0.2) is 9.59 Å². The first-order valence-corrected chi connectivity index (χ1v) is 11.7. The Balaban J connectivity index is 5.30. The number of amides is 3. The highest BCUT2D eigenvalue weighted by Crippen LogP contribution is 2.16. The van der Waals surface area contributed by atoms with Crippen LogP contribution in [-0.4, -0.2) is 54.7 Å². The van der Waals surface area contributed by atoms with Gasteiger partial charge < -0.3 is 25.4 Å². The number of hydrogen-bond acceptors (Lipinski definition) is 6. The third-order valence-corrected chi connectivity index (χ3v) is 5.05. The zero-order valence-corrected chi connectivity index (χ0v) is 22.7. The SMILES string of the molecule is C=C(C(=O)N[C@@H](CC(C)C)C(=C)C(=O)OC)[C@H](C)NC(=O)C(=C)[C@@H](NC(=O)OC(C)(C)C)C(C)C. The van der Waals surface area contributed by atoms with E-state index in [-0.39, 0.29) is 28.6 Å². The summed E-state index contributed by atoms with van der Waals surface area (Å²) < 4.78 is 10.00. The smallest absolute Gasteiger partial charge is 0.408 e. The Hall–Kier alpha value is -3.10. The second-order valence-electron chi connectivity index (χ2n) is 10.3. The van der Waals surface area contributed by atoms with Crippen LogP contribution in [0.25, 0.3) is 0 Å². The summed E-state index contributed by atoms with van der Waals surface area (Å²) in [6.45, 7) is 25.8. The van der Waals surface area contributed by atoms with Crippen molar-refractivity contribution in [3.8, 4) is 0 Å². The van der Waals surface area contributed by atoms with E-state index in [9.17, 15) is 19.2 Å². The Morgan fingerprint density at radius 2 is 1.31 bits per heavy atom. The molecule has 0 aromatic carbocycles. The van der Waals surface area contributed by atoms with Crippen LogP contribution in [0.15, 0.2) is 36.5 Å². The Morgan fingerprint density at radius 3 is 1.74 bits per heavy atom. The van der Waals surface area contributed by atoms with Gasteiger partial charge in [-0.1, -0.05) is 47.4 Å². The number of nitrogens with one attached hydrogen (secondary N) is 3. The molecule has 0 radical (unpaired) electrons. The number of ether oxygens (including phenoxy) is 2. The molecule has 0 spiro atoms. The van der Waals surface area contributed by atoms with Crippen LogP contribution < -0.4 is 16.0 Å². The van der Waals surface area contributed by atoms with E-state index in [2.05, 4.69) is 35.7 Å². The van der Waals surface area contributed by atoms with Crippen LogP contribution in [-0.2, 0) is 23.9 Å². The van der Waals surface area contributed by atoms with Crippen LogP contribution in [0.3, 0.4) is 0 Å². The van der Waals surface area contributed by atoms with E-state index in [1.165, 1.54) is 7.11 Å². The number of carbonyl (C=O) groups is 4. The zero-order chi connectivity index (χ0) is 27.7. The molecule has 3 N–H and O–H groups in total. The molecule has 0 rings (SSSR count). The molecule has 0 unspecified atom stereocenters. The van der Waals surface area contributed by atoms with Crippen molar-refractivity contribution in [1.29, 1.82) is 0 Å². The summed E-state index contributed by atoms with van der Waals surface area (Å²) in [5, 5.41) is 8.11. The molecule has 35 heavy (non-hydrogen) atoms. The van der Waals surface area contributed by atoms with Crippen molar-refractivity contribution in [3.05, 3.63) is 36.5 Å². The van der Waals surface area contributed by atoms with Crippen LogP contribution in [0, 0.1) is 11.8 Å².